The van der Waals surface area contributed by atoms with Crippen molar-refractivity contribution in [1.29, 1.82) is 0 Å². The summed E-state index contributed by atoms with van der Waals surface area (Å²) < 4.78 is 31.9. The number of aliphatic hydroxyl groups is 1. The number of rotatable bonds is 3. The first-order chi connectivity index (χ1) is 16.3. The van der Waals surface area contributed by atoms with E-state index in [4.69, 9.17) is 4.42 Å². The van der Waals surface area contributed by atoms with E-state index in [9.17, 15) is 23.5 Å². The van der Waals surface area contributed by atoms with Gasteiger partial charge in [0.25, 0.3) is 5.91 Å². The van der Waals surface area contributed by atoms with Crippen molar-refractivity contribution < 1.29 is 27.9 Å². The number of carbonyl (C=O) groups excluding carboxylic acids is 2. The van der Waals surface area contributed by atoms with Gasteiger partial charge in [-0.25, -0.2) is 13.8 Å². The molecule has 2 aromatic carbocycles. The number of fused-ring (bicyclic) bond motifs is 1. The summed E-state index contributed by atoms with van der Waals surface area (Å²) in [5.41, 5.74) is 0.146. The SMILES string of the molecule is CC.CN1CCN(C(=O)C2(O)CC2)CC1.O=Cc1ccc(-c2nc3ccc(F)cc3o2)cc1F. The molecule has 1 amide bonds. The fourth-order valence-electron chi connectivity index (χ4n) is 3.41. The largest absolute Gasteiger partial charge is 0.436 e. The minimum absolute atomic E-state index is 0.0362. The van der Waals surface area contributed by atoms with Crippen LogP contribution < -0.4 is 0 Å². The van der Waals surface area contributed by atoms with Gasteiger partial charge in [-0.2, -0.15) is 0 Å². The van der Waals surface area contributed by atoms with E-state index >= 15 is 0 Å². The quantitative estimate of drug-likeness (QED) is 0.581. The highest BCUT2D eigenvalue weighted by atomic mass is 19.1. The molecular formula is C25H29F2N3O4. The van der Waals surface area contributed by atoms with Crippen LogP contribution in [-0.2, 0) is 4.79 Å². The molecule has 2 heterocycles. The number of amides is 1. The third-order valence-corrected chi connectivity index (χ3v) is 5.64. The van der Waals surface area contributed by atoms with Crippen molar-refractivity contribution in [2.24, 2.45) is 0 Å². The van der Waals surface area contributed by atoms with Crippen LogP contribution in [0.25, 0.3) is 22.6 Å². The average Bonchev–Trinajstić information content (AvgIpc) is 3.46. The number of aldehydes is 1. The van der Waals surface area contributed by atoms with Crippen molar-refractivity contribution in [3.8, 4) is 11.5 Å². The van der Waals surface area contributed by atoms with E-state index in [1.165, 1.54) is 30.3 Å². The molecule has 34 heavy (non-hydrogen) atoms. The number of hydrogen-bond donors (Lipinski definition) is 1. The van der Waals surface area contributed by atoms with Crippen LogP contribution in [-0.4, -0.2) is 70.9 Å². The second kappa shape index (κ2) is 10.8. The summed E-state index contributed by atoms with van der Waals surface area (Å²) in [5.74, 6) is -0.962. The molecule has 0 unspecified atom stereocenters. The lowest BCUT2D eigenvalue weighted by atomic mass is 10.1. The minimum Gasteiger partial charge on any atom is -0.436 e. The number of hydrogen-bond acceptors (Lipinski definition) is 6. The molecule has 1 saturated carbocycles. The molecule has 2 fully saturated rings. The van der Waals surface area contributed by atoms with Gasteiger partial charge in [0.05, 0.1) is 5.56 Å². The molecule has 0 spiro atoms. The molecule has 0 radical (unpaired) electrons. The lowest BCUT2D eigenvalue weighted by Gasteiger charge is -2.33. The average molecular weight is 474 g/mol. The molecule has 0 bridgehead atoms. The number of piperazine rings is 1. The van der Waals surface area contributed by atoms with Crippen LogP contribution in [0.2, 0.25) is 0 Å². The van der Waals surface area contributed by atoms with Crippen LogP contribution in [0.5, 0.6) is 0 Å². The maximum atomic E-state index is 13.5. The third-order valence-electron chi connectivity index (χ3n) is 5.64. The topological polar surface area (TPSA) is 86.9 Å². The highest BCUT2D eigenvalue weighted by Crippen LogP contribution is 2.37. The van der Waals surface area contributed by atoms with E-state index in [1.807, 2.05) is 20.9 Å². The van der Waals surface area contributed by atoms with Crippen molar-refractivity contribution in [3.63, 3.8) is 0 Å². The summed E-state index contributed by atoms with van der Waals surface area (Å²) in [5, 5.41) is 9.61. The van der Waals surface area contributed by atoms with Crippen molar-refractivity contribution in [1.82, 2.24) is 14.8 Å². The van der Waals surface area contributed by atoms with Gasteiger partial charge in [-0.05, 0) is 50.2 Å². The number of aromatic nitrogens is 1. The van der Waals surface area contributed by atoms with Crippen LogP contribution >= 0.6 is 0 Å². The first kappa shape index (κ1) is 25.5. The number of halogens is 2. The fraction of sp³-hybridized carbons (Fsp3) is 0.400. The molecule has 5 rings (SSSR count). The predicted octanol–water partition coefficient (Wildman–Crippen LogP) is 3.90. The Bertz CT molecular complexity index is 1150. The Labute approximate surface area is 197 Å². The smallest absolute Gasteiger partial charge is 0.254 e. The van der Waals surface area contributed by atoms with Crippen molar-refractivity contribution in [2.75, 3.05) is 33.2 Å². The zero-order valence-electron chi connectivity index (χ0n) is 19.6. The van der Waals surface area contributed by atoms with Gasteiger partial charge < -0.3 is 19.3 Å². The monoisotopic (exact) mass is 473 g/mol. The minimum atomic E-state index is -0.976. The molecule has 9 heteroatoms. The van der Waals surface area contributed by atoms with Crippen molar-refractivity contribution >= 4 is 23.3 Å². The van der Waals surface area contributed by atoms with E-state index in [1.54, 1.807) is 4.90 Å². The van der Waals surface area contributed by atoms with E-state index in [0.717, 1.165) is 32.2 Å². The Hall–Kier alpha value is -3.17. The molecule has 182 valence electrons. The Morgan fingerprint density at radius 3 is 2.35 bits per heavy atom. The van der Waals surface area contributed by atoms with E-state index in [0.29, 0.717) is 30.2 Å². The zero-order chi connectivity index (χ0) is 24.9. The number of carbonyl (C=O) groups is 2. The second-order valence-electron chi connectivity index (χ2n) is 8.11. The van der Waals surface area contributed by atoms with Gasteiger partial charge in [-0.3, -0.25) is 9.59 Å². The molecular weight excluding hydrogens is 444 g/mol. The maximum Gasteiger partial charge on any atom is 0.254 e. The standard InChI is InChI=1S/C14H7F2NO2.C9H16N2O2.C2H6/c15-10-3-4-12-13(6-10)19-14(17-12)8-1-2-9(7-18)11(16)5-8;1-10-4-6-11(7-5-10)8(12)9(13)2-3-9;1-2/h1-7H;13H,2-7H2,1H3;1-2H3. The summed E-state index contributed by atoms with van der Waals surface area (Å²) in [7, 11) is 2.05. The third kappa shape index (κ3) is 5.84. The van der Waals surface area contributed by atoms with Crippen LogP contribution in [0.15, 0.2) is 40.8 Å². The van der Waals surface area contributed by atoms with Crippen LogP contribution in [0.4, 0.5) is 8.78 Å². The molecule has 1 saturated heterocycles. The Balaban J connectivity index is 0.000000189. The van der Waals surface area contributed by atoms with Crippen LogP contribution in [0, 0.1) is 11.6 Å². The van der Waals surface area contributed by atoms with Gasteiger partial charge >= 0.3 is 0 Å². The highest BCUT2D eigenvalue weighted by molar-refractivity contribution is 5.87. The summed E-state index contributed by atoms with van der Waals surface area (Å²) >= 11 is 0. The normalized spacial score (nSPS) is 16.7. The summed E-state index contributed by atoms with van der Waals surface area (Å²) in [6, 6.07) is 7.98. The molecule has 1 aliphatic heterocycles. The van der Waals surface area contributed by atoms with Gasteiger partial charge in [0, 0.05) is 37.8 Å². The molecule has 7 nitrogen and oxygen atoms in total. The van der Waals surface area contributed by atoms with E-state index in [2.05, 4.69) is 9.88 Å². The fourth-order valence-corrected chi connectivity index (χ4v) is 3.41. The summed E-state index contributed by atoms with van der Waals surface area (Å²) in [6.45, 7) is 7.36. The van der Waals surface area contributed by atoms with Crippen LogP contribution in [0.3, 0.4) is 0 Å². The van der Waals surface area contributed by atoms with Gasteiger partial charge in [-0.15, -0.1) is 0 Å². The maximum absolute atomic E-state index is 13.5. The van der Waals surface area contributed by atoms with Gasteiger partial charge in [0.15, 0.2) is 11.9 Å². The van der Waals surface area contributed by atoms with E-state index in [-0.39, 0.29) is 22.9 Å². The van der Waals surface area contributed by atoms with Gasteiger partial charge in [0.2, 0.25) is 5.89 Å². The first-order valence-electron chi connectivity index (χ1n) is 11.3. The van der Waals surface area contributed by atoms with Crippen LogP contribution in [0.1, 0.15) is 37.0 Å². The molecule has 0 atom stereocenters. The number of likely N-dealkylation sites (N-methyl/N-ethyl adjacent to an activating group) is 1. The summed E-state index contributed by atoms with van der Waals surface area (Å²) in [6.07, 6.45) is 1.73. The predicted molar refractivity (Wildman–Crippen MR) is 124 cm³/mol. The summed E-state index contributed by atoms with van der Waals surface area (Å²) in [4.78, 5) is 30.3. The molecule has 3 aromatic rings. The zero-order valence-corrected chi connectivity index (χ0v) is 19.6. The Morgan fingerprint density at radius 1 is 1.09 bits per heavy atom. The molecule has 1 aliphatic carbocycles. The van der Waals surface area contributed by atoms with Gasteiger partial charge in [0.1, 0.15) is 22.8 Å². The van der Waals surface area contributed by atoms with Gasteiger partial charge in [-0.1, -0.05) is 13.8 Å². The lowest BCUT2D eigenvalue weighted by Crippen LogP contribution is -2.51. The van der Waals surface area contributed by atoms with E-state index < -0.39 is 17.2 Å². The molecule has 1 aromatic heterocycles. The van der Waals surface area contributed by atoms with Crippen molar-refractivity contribution in [2.45, 2.75) is 32.3 Å². The molecule has 1 N–H and O–H groups in total. The lowest BCUT2D eigenvalue weighted by molar-refractivity contribution is -0.144. The molecule has 2 aliphatic rings. The van der Waals surface area contributed by atoms with Crippen molar-refractivity contribution in [3.05, 3.63) is 53.6 Å². The number of benzene rings is 2. The first-order valence-corrected chi connectivity index (χ1v) is 11.3. The Kier molecular flexibility index (Phi) is 8.11. The number of nitrogens with zero attached hydrogens (tertiary/aromatic N) is 3. The second-order valence-corrected chi connectivity index (χ2v) is 8.11. The highest BCUT2D eigenvalue weighted by Gasteiger charge is 2.50. The number of oxazole rings is 1. The Morgan fingerprint density at radius 2 is 1.76 bits per heavy atom.